The van der Waals surface area contributed by atoms with Crippen LogP contribution in [0.4, 0.5) is 11.4 Å². The summed E-state index contributed by atoms with van der Waals surface area (Å²) in [6.07, 6.45) is 8.15. The van der Waals surface area contributed by atoms with Crippen LogP contribution in [0.2, 0.25) is 0 Å². The predicted molar refractivity (Wildman–Crippen MR) is 127 cm³/mol. The molecule has 6 aromatic rings. The number of hydrogen-bond donors (Lipinski definition) is 0. The SMILES string of the molecule is c1cc2c3c(c1)-c1cncc[n+]1[N+]31c3c(ccc4c3-n3c5c(cccc5c5ccc[n+]1c53)S4)O2. The van der Waals surface area contributed by atoms with Gasteiger partial charge in [0.1, 0.15) is 16.5 Å². The second-order valence-corrected chi connectivity index (χ2v) is 10.2. The molecule has 6 nitrogen and oxygen atoms in total. The monoisotopic (exact) mass is 456 g/mol. The van der Waals surface area contributed by atoms with Crippen molar-refractivity contribution in [2.45, 2.75) is 9.79 Å². The molecule has 156 valence electrons. The standard InChI is InChI=1S/C27H14N5OS/c1-5-17-18-14-28-11-13-29(18)32-25(17)19(7-1)33-20-9-10-22-24(26(20)32)31-23-15(4-2-8-21(23)34-22)16-6-3-12-30(32)27(16)31/h1-14H/q+3. The molecule has 3 aromatic carbocycles. The number of rotatable bonds is 0. The molecule has 0 saturated carbocycles. The summed E-state index contributed by atoms with van der Waals surface area (Å²) in [7, 11) is 0. The molecule has 1 spiro atoms. The molecule has 0 radical (unpaired) electrons. The zero-order valence-corrected chi connectivity index (χ0v) is 18.5. The van der Waals surface area contributed by atoms with Crippen LogP contribution >= 0.6 is 11.8 Å². The molecule has 7 heterocycles. The van der Waals surface area contributed by atoms with Gasteiger partial charge in [-0.3, -0.25) is 4.98 Å². The molecule has 4 aliphatic heterocycles. The van der Waals surface area contributed by atoms with E-state index >= 15 is 0 Å². The smallest absolute Gasteiger partial charge is 0.352 e. The van der Waals surface area contributed by atoms with Crippen LogP contribution in [0, 0.1) is 0 Å². The van der Waals surface area contributed by atoms with Gasteiger partial charge in [-0.1, -0.05) is 23.9 Å². The zero-order valence-electron chi connectivity index (χ0n) is 17.6. The molecule has 4 aliphatic rings. The lowest BCUT2D eigenvalue weighted by molar-refractivity contribution is -1.02. The van der Waals surface area contributed by atoms with E-state index in [-0.39, 0.29) is 0 Å². The van der Waals surface area contributed by atoms with Gasteiger partial charge in [-0.2, -0.15) is 4.57 Å². The lowest BCUT2D eigenvalue weighted by Crippen LogP contribution is -2.84. The first kappa shape index (κ1) is 16.4. The highest BCUT2D eigenvalue weighted by Gasteiger charge is 2.70. The highest BCUT2D eigenvalue weighted by molar-refractivity contribution is 7.99. The van der Waals surface area contributed by atoms with E-state index in [4.69, 9.17) is 4.74 Å². The van der Waals surface area contributed by atoms with E-state index in [1.165, 1.54) is 37.4 Å². The molecule has 0 amide bonds. The Morgan fingerprint density at radius 3 is 2.74 bits per heavy atom. The van der Waals surface area contributed by atoms with E-state index < -0.39 is 0 Å². The van der Waals surface area contributed by atoms with Gasteiger partial charge in [-0.15, -0.1) is 0 Å². The first-order valence-corrected chi connectivity index (χ1v) is 12.1. The minimum atomic E-state index is 0.394. The van der Waals surface area contributed by atoms with Crippen molar-refractivity contribution in [3.63, 3.8) is 0 Å². The van der Waals surface area contributed by atoms with Crippen LogP contribution in [0.3, 0.4) is 0 Å². The third-order valence-electron chi connectivity index (χ3n) is 7.67. The maximum Gasteiger partial charge on any atom is 0.352 e. The van der Waals surface area contributed by atoms with Crippen molar-refractivity contribution in [2.75, 3.05) is 0 Å². The topological polar surface area (TPSA) is 34.8 Å². The number of aromatic nitrogens is 4. The molecule has 0 aliphatic carbocycles. The number of hydrogen-bond acceptors (Lipinski definition) is 3. The van der Waals surface area contributed by atoms with E-state index in [0.717, 1.165) is 34.1 Å². The Hall–Kier alpha value is -4.20. The van der Waals surface area contributed by atoms with Crippen LogP contribution < -0.4 is 18.8 Å². The molecule has 10 rings (SSSR count). The Labute approximate surface area is 197 Å². The van der Waals surface area contributed by atoms with Gasteiger partial charge in [0.25, 0.3) is 11.9 Å². The number of ether oxygens (including phenoxy) is 1. The highest BCUT2D eigenvalue weighted by atomic mass is 32.2. The van der Waals surface area contributed by atoms with Gasteiger partial charge >= 0.3 is 17.0 Å². The number of pyridine rings is 1. The second kappa shape index (κ2) is 4.99. The second-order valence-electron chi connectivity index (χ2n) is 9.10. The van der Waals surface area contributed by atoms with E-state index in [9.17, 15) is 0 Å². The van der Waals surface area contributed by atoms with Gasteiger partial charge in [-0.05, 0) is 48.5 Å². The molecule has 0 bridgehead atoms. The summed E-state index contributed by atoms with van der Waals surface area (Å²) in [5.74, 6) is 1.77. The third-order valence-corrected chi connectivity index (χ3v) is 8.77. The largest absolute Gasteiger partial charge is 0.444 e. The fraction of sp³-hybridized carbons (Fsp3) is 0. The molecular weight excluding hydrogens is 442 g/mol. The Balaban J connectivity index is 1.59. The normalized spacial score (nSPS) is 18.8. The van der Waals surface area contributed by atoms with Crippen molar-refractivity contribution < 1.29 is 14.1 Å². The molecule has 0 N–H and O–H groups in total. The predicted octanol–water partition coefficient (Wildman–Crippen LogP) is 5.18. The van der Waals surface area contributed by atoms with Crippen molar-refractivity contribution in [1.82, 2.24) is 14.3 Å². The molecule has 0 fully saturated rings. The Bertz CT molecular complexity index is 1990. The minimum absolute atomic E-state index is 0.394. The van der Waals surface area contributed by atoms with Crippen LogP contribution in [-0.4, -0.2) is 9.55 Å². The average molecular weight is 457 g/mol. The fourth-order valence-corrected chi connectivity index (χ4v) is 7.68. The van der Waals surface area contributed by atoms with Crippen molar-refractivity contribution in [3.8, 4) is 28.4 Å². The van der Waals surface area contributed by atoms with Crippen molar-refractivity contribution in [2.24, 2.45) is 0 Å². The van der Waals surface area contributed by atoms with Gasteiger partial charge < -0.3 is 4.74 Å². The number of para-hydroxylation sites is 2. The number of nitrogens with zero attached hydrogens (tertiary/aromatic N) is 5. The summed E-state index contributed by atoms with van der Waals surface area (Å²) in [5, 5.41) is 2.54. The number of benzene rings is 3. The molecule has 34 heavy (non-hydrogen) atoms. The van der Waals surface area contributed by atoms with Crippen LogP contribution in [-0.2, 0) is 0 Å². The summed E-state index contributed by atoms with van der Waals surface area (Å²) >= 11 is 1.85. The molecule has 0 saturated heterocycles. The number of quaternary nitrogens is 1. The highest BCUT2D eigenvalue weighted by Crippen LogP contribution is 2.62. The van der Waals surface area contributed by atoms with E-state index in [0.29, 0.717) is 4.70 Å². The zero-order chi connectivity index (χ0) is 21.8. The van der Waals surface area contributed by atoms with Crippen molar-refractivity contribution in [3.05, 3.63) is 85.5 Å². The van der Waals surface area contributed by atoms with Crippen LogP contribution in [0.1, 0.15) is 0 Å². The molecule has 1 atom stereocenters. The molecular formula is C27H14N5OS+3. The molecule has 1 unspecified atom stereocenters. The summed E-state index contributed by atoms with van der Waals surface area (Å²) < 4.78 is 14.2. The van der Waals surface area contributed by atoms with Gasteiger partial charge in [0.2, 0.25) is 11.4 Å². The van der Waals surface area contributed by atoms with E-state index in [1.54, 1.807) is 0 Å². The number of fused-ring (bicyclic) bond motifs is 3. The van der Waals surface area contributed by atoms with Crippen molar-refractivity contribution in [1.29, 1.82) is 0 Å². The minimum Gasteiger partial charge on any atom is -0.444 e. The lowest BCUT2D eigenvalue weighted by Gasteiger charge is -2.33. The Morgan fingerprint density at radius 2 is 1.74 bits per heavy atom. The van der Waals surface area contributed by atoms with Crippen LogP contribution in [0.5, 0.6) is 11.5 Å². The van der Waals surface area contributed by atoms with Gasteiger partial charge in [0, 0.05) is 14.7 Å². The fourth-order valence-electron chi connectivity index (χ4n) is 6.57. The van der Waals surface area contributed by atoms with Crippen LogP contribution in [0.25, 0.3) is 38.9 Å². The third kappa shape index (κ3) is 1.44. The van der Waals surface area contributed by atoms with Crippen molar-refractivity contribution >= 4 is 45.1 Å². The maximum absolute atomic E-state index is 6.63. The maximum atomic E-state index is 6.63. The van der Waals surface area contributed by atoms with E-state index in [1.807, 2.05) is 24.2 Å². The summed E-state index contributed by atoms with van der Waals surface area (Å²) in [6, 6.07) is 21.8. The van der Waals surface area contributed by atoms with Gasteiger partial charge in [0.05, 0.1) is 21.4 Å². The Morgan fingerprint density at radius 1 is 0.824 bits per heavy atom. The van der Waals surface area contributed by atoms with Gasteiger partial charge in [0.15, 0.2) is 17.5 Å². The average Bonchev–Trinajstić information content (AvgIpc) is 3.38. The molecule has 3 aromatic heterocycles. The Kier molecular flexibility index (Phi) is 2.41. The first-order valence-electron chi connectivity index (χ1n) is 11.3. The van der Waals surface area contributed by atoms with Crippen LogP contribution in [0.15, 0.2) is 95.2 Å². The molecule has 7 heteroatoms. The van der Waals surface area contributed by atoms with Gasteiger partial charge in [-0.25, -0.2) is 0 Å². The first-order chi connectivity index (χ1) is 16.9. The van der Waals surface area contributed by atoms with E-state index in [2.05, 4.69) is 92.0 Å². The summed E-state index contributed by atoms with van der Waals surface area (Å²) in [6.45, 7) is 0. The summed E-state index contributed by atoms with van der Waals surface area (Å²) in [5.41, 5.74) is 8.16. The summed E-state index contributed by atoms with van der Waals surface area (Å²) in [4.78, 5) is 7.04. The quantitative estimate of drug-likeness (QED) is 0.233. The lowest BCUT2D eigenvalue weighted by atomic mass is 10.1.